The van der Waals surface area contributed by atoms with Gasteiger partial charge >= 0.3 is 0 Å². The number of hydrogen-bond donors (Lipinski definition) is 0. The summed E-state index contributed by atoms with van der Waals surface area (Å²) >= 11 is 6.04. The number of rotatable bonds is 7. The van der Waals surface area contributed by atoms with Crippen molar-refractivity contribution in [1.82, 2.24) is 9.55 Å². The Morgan fingerprint density at radius 2 is 1.79 bits per heavy atom. The molecule has 2 nitrogen and oxygen atoms in total. The van der Waals surface area contributed by atoms with Gasteiger partial charge in [0.05, 0.1) is 6.33 Å². The van der Waals surface area contributed by atoms with E-state index >= 15 is 0 Å². The van der Waals surface area contributed by atoms with Crippen LogP contribution in [0.15, 0.2) is 73.3 Å². The molecule has 124 valence electrons. The topological polar surface area (TPSA) is 17.8 Å². The van der Waals surface area contributed by atoms with E-state index in [9.17, 15) is 0 Å². The third-order valence-electron chi connectivity index (χ3n) is 4.75. The molecule has 0 fully saturated rings. The van der Waals surface area contributed by atoms with Crippen molar-refractivity contribution in [2.75, 3.05) is 0 Å². The first-order valence-electron chi connectivity index (χ1n) is 8.47. The zero-order valence-corrected chi connectivity index (χ0v) is 14.7. The van der Waals surface area contributed by atoms with Gasteiger partial charge in [-0.05, 0) is 47.9 Å². The summed E-state index contributed by atoms with van der Waals surface area (Å²) < 4.78 is 2.18. The second kappa shape index (κ2) is 8.16. The van der Waals surface area contributed by atoms with Gasteiger partial charge in [0.25, 0.3) is 0 Å². The van der Waals surface area contributed by atoms with Gasteiger partial charge in [0.15, 0.2) is 0 Å². The minimum atomic E-state index is 0.466. The molecule has 0 bridgehead atoms. The lowest BCUT2D eigenvalue weighted by Gasteiger charge is -2.25. The van der Waals surface area contributed by atoms with Crippen molar-refractivity contribution < 1.29 is 0 Å². The molecule has 3 heteroatoms. The maximum Gasteiger partial charge on any atom is 0.0946 e. The molecule has 0 spiro atoms. The van der Waals surface area contributed by atoms with Crippen LogP contribution >= 0.6 is 11.6 Å². The fourth-order valence-electron chi connectivity index (χ4n) is 3.20. The van der Waals surface area contributed by atoms with Crippen LogP contribution in [0.3, 0.4) is 0 Å². The maximum atomic E-state index is 6.04. The van der Waals surface area contributed by atoms with Crippen molar-refractivity contribution in [2.45, 2.75) is 32.2 Å². The van der Waals surface area contributed by atoms with Gasteiger partial charge < -0.3 is 4.57 Å². The number of imidazole rings is 1. The van der Waals surface area contributed by atoms with E-state index in [1.54, 1.807) is 0 Å². The van der Waals surface area contributed by atoms with Crippen molar-refractivity contribution in [3.8, 4) is 0 Å². The van der Waals surface area contributed by atoms with E-state index in [0.29, 0.717) is 11.8 Å². The molecular formula is C21H23ClN2. The second-order valence-corrected chi connectivity index (χ2v) is 6.82. The molecule has 1 aromatic heterocycles. The van der Waals surface area contributed by atoms with Crippen LogP contribution in [0.5, 0.6) is 0 Å². The van der Waals surface area contributed by atoms with Gasteiger partial charge in [0.2, 0.25) is 0 Å². The van der Waals surface area contributed by atoms with E-state index in [1.807, 2.05) is 30.9 Å². The molecule has 2 atom stereocenters. The van der Waals surface area contributed by atoms with Crippen molar-refractivity contribution >= 4 is 11.6 Å². The van der Waals surface area contributed by atoms with E-state index in [-0.39, 0.29) is 0 Å². The van der Waals surface area contributed by atoms with Crippen LogP contribution in [-0.2, 0) is 13.0 Å². The van der Waals surface area contributed by atoms with Crippen LogP contribution in [0.2, 0.25) is 5.02 Å². The number of aromatic nitrogens is 2. The number of nitrogens with zero attached hydrogens (tertiary/aromatic N) is 2. The Morgan fingerprint density at radius 1 is 1.04 bits per heavy atom. The Morgan fingerprint density at radius 3 is 2.46 bits per heavy atom. The molecule has 3 aromatic rings. The first-order valence-corrected chi connectivity index (χ1v) is 8.85. The Hall–Kier alpha value is -2.06. The van der Waals surface area contributed by atoms with E-state index in [0.717, 1.165) is 24.4 Å². The number of halogens is 1. The van der Waals surface area contributed by atoms with Crippen LogP contribution in [0.25, 0.3) is 0 Å². The van der Waals surface area contributed by atoms with Gasteiger partial charge in [0, 0.05) is 24.0 Å². The molecule has 0 aliphatic rings. The molecule has 3 rings (SSSR count). The monoisotopic (exact) mass is 338 g/mol. The summed E-state index contributed by atoms with van der Waals surface area (Å²) in [5, 5.41) is 0.793. The maximum absolute atomic E-state index is 6.04. The lowest BCUT2D eigenvalue weighted by Crippen LogP contribution is -2.17. The number of hydrogen-bond acceptors (Lipinski definition) is 1. The van der Waals surface area contributed by atoms with Gasteiger partial charge in [-0.3, -0.25) is 0 Å². The van der Waals surface area contributed by atoms with Crippen LogP contribution in [0.1, 0.15) is 30.4 Å². The summed E-state index contributed by atoms with van der Waals surface area (Å²) in [4.78, 5) is 4.18. The number of benzene rings is 2. The Kier molecular flexibility index (Phi) is 5.71. The molecule has 0 amide bonds. The minimum Gasteiger partial charge on any atom is -0.337 e. The highest BCUT2D eigenvalue weighted by atomic mass is 35.5. The van der Waals surface area contributed by atoms with Gasteiger partial charge in [-0.2, -0.15) is 0 Å². The van der Waals surface area contributed by atoms with Crippen LogP contribution in [0.4, 0.5) is 0 Å². The molecule has 24 heavy (non-hydrogen) atoms. The Bertz CT molecular complexity index is 720. The highest BCUT2D eigenvalue weighted by molar-refractivity contribution is 6.30. The molecule has 0 saturated heterocycles. The molecule has 1 heterocycles. The summed E-state index contributed by atoms with van der Waals surface area (Å²) in [5.74, 6) is 1.01. The zero-order chi connectivity index (χ0) is 16.8. The average Bonchev–Trinajstić information content (AvgIpc) is 3.13. The molecule has 0 radical (unpaired) electrons. The highest BCUT2D eigenvalue weighted by Crippen LogP contribution is 2.30. The molecule has 0 N–H and O–H groups in total. The summed E-state index contributed by atoms with van der Waals surface area (Å²) in [7, 11) is 0. The number of aryl methyl sites for hydroxylation is 1. The SMILES string of the molecule is CC(c1ccc(Cl)cc1)C(CCc1ccccc1)Cn1ccnc1. The highest BCUT2D eigenvalue weighted by Gasteiger charge is 2.19. The van der Waals surface area contributed by atoms with Gasteiger partial charge in [-0.1, -0.05) is 61.0 Å². The van der Waals surface area contributed by atoms with Crippen LogP contribution < -0.4 is 0 Å². The van der Waals surface area contributed by atoms with Gasteiger partial charge in [-0.25, -0.2) is 4.98 Å². The average molecular weight is 339 g/mol. The van der Waals surface area contributed by atoms with Crippen molar-refractivity contribution in [3.63, 3.8) is 0 Å². The molecule has 0 aliphatic heterocycles. The molecular weight excluding hydrogens is 316 g/mol. The van der Waals surface area contributed by atoms with Gasteiger partial charge in [-0.15, -0.1) is 0 Å². The molecule has 0 saturated carbocycles. The van der Waals surface area contributed by atoms with E-state index in [2.05, 4.69) is 58.9 Å². The third kappa shape index (κ3) is 4.48. The summed E-state index contributed by atoms with van der Waals surface area (Å²) in [6.07, 6.45) is 8.04. The van der Waals surface area contributed by atoms with E-state index in [1.165, 1.54) is 11.1 Å². The summed E-state index contributed by atoms with van der Waals surface area (Å²) in [5.41, 5.74) is 2.74. The lowest BCUT2D eigenvalue weighted by atomic mass is 9.83. The third-order valence-corrected chi connectivity index (χ3v) is 5.01. The predicted molar refractivity (Wildman–Crippen MR) is 100 cm³/mol. The zero-order valence-electron chi connectivity index (χ0n) is 14.0. The van der Waals surface area contributed by atoms with E-state index in [4.69, 9.17) is 11.6 Å². The predicted octanol–water partition coefficient (Wildman–Crippen LogP) is 5.59. The van der Waals surface area contributed by atoms with Crippen LogP contribution in [0, 0.1) is 5.92 Å². The Labute approximate surface area is 149 Å². The standard InChI is InChI=1S/C21H23ClN2/c1-17(19-9-11-21(22)12-10-19)20(15-24-14-13-23-16-24)8-7-18-5-3-2-4-6-18/h2-6,9-14,16-17,20H,7-8,15H2,1H3. The van der Waals surface area contributed by atoms with Crippen molar-refractivity contribution in [2.24, 2.45) is 5.92 Å². The summed E-state index contributed by atoms with van der Waals surface area (Å²) in [6, 6.07) is 19.0. The largest absolute Gasteiger partial charge is 0.337 e. The van der Waals surface area contributed by atoms with Crippen LogP contribution in [-0.4, -0.2) is 9.55 Å². The fraction of sp³-hybridized carbons (Fsp3) is 0.286. The summed E-state index contributed by atoms with van der Waals surface area (Å²) in [6.45, 7) is 3.30. The van der Waals surface area contributed by atoms with E-state index < -0.39 is 0 Å². The van der Waals surface area contributed by atoms with Gasteiger partial charge in [0.1, 0.15) is 0 Å². The second-order valence-electron chi connectivity index (χ2n) is 6.38. The Balaban J connectivity index is 1.74. The quantitative estimate of drug-likeness (QED) is 0.549. The van der Waals surface area contributed by atoms with Crippen molar-refractivity contribution in [3.05, 3.63) is 89.5 Å². The molecule has 2 aromatic carbocycles. The molecule has 0 aliphatic carbocycles. The first kappa shape index (κ1) is 16.8. The smallest absolute Gasteiger partial charge is 0.0946 e. The fourth-order valence-corrected chi connectivity index (χ4v) is 3.33. The lowest BCUT2D eigenvalue weighted by molar-refractivity contribution is 0.359. The first-order chi connectivity index (χ1) is 11.7. The minimum absolute atomic E-state index is 0.466. The normalized spacial score (nSPS) is 13.6. The molecule has 2 unspecified atom stereocenters. The van der Waals surface area contributed by atoms with Crippen molar-refractivity contribution in [1.29, 1.82) is 0 Å².